The monoisotopic (exact) mass is 291 g/mol. The van der Waals surface area contributed by atoms with Crippen LogP contribution >= 0.6 is 11.6 Å². The first kappa shape index (κ1) is 14.6. The van der Waals surface area contributed by atoms with E-state index in [9.17, 15) is 0 Å². The number of ether oxygens (including phenoxy) is 1. The van der Waals surface area contributed by atoms with Gasteiger partial charge in [0.15, 0.2) is 0 Å². The molecule has 1 heterocycles. The van der Waals surface area contributed by atoms with Gasteiger partial charge in [-0.3, -0.25) is 4.98 Å². The molecule has 2 aromatic rings. The van der Waals surface area contributed by atoms with Crippen LogP contribution in [0.4, 0.5) is 5.82 Å². The average molecular weight is 292 g/mol. The second-order valence-corrected chi connectivity index (χ2v) is 4.90. The summed E-state index contributed by atoms with van der Waals surface area (Å²) >= 11 is 6.15. The van der Waals surface area contributed by atoms with E-state index in [1.54, 1.807) is 12.4 Å². The van der Waals surface area contributed by atoms with Crippen molar-refractivity contribution in [2.24, 2.45) is 0 Å². The van der Waals surface area contributed by atoms with E-state index in [4.69, 9.17) is 16.3 Å². The van der Waals surface area contributed by atoms with E-state index in [1.165, 1.54) is 0 Å². The lowest BCUT2D eigenvalue weighted by atomic mass is 9.94. The summed E-state index contributed by atoms with van der Waals surface area (Å²) in [6, 6.07) is 10.0. The zero-order valence-electron chi connectivity index (χ0n) is 11.6. The number of aromatic nitrogens is 2. The molecule has 1 atom stereocenters. The number of benzene rings is 1. The van der Waals surface area contributed by atoms with Crippen LogP contribution in [0.2, 0.25) is 0 Å². The van der Waals surface area contributed by atoms with Crippen molar-refractivity contribution in [3.8, 4) is 5.88 Å². The first-order valence-electron chi connectivity index (χ1n) is 6.52. The lowest BCUT2D eigenvalue weighted by Gasteiger charge is -2.29. The number of alkyl halides is 1. The maximum absolute atomic E-state index is 6.15. The Bertz CT molecular complexity index is 550. The predicted octanol–water partition coefficient (Wildman–Crippen LogP) is 3.44. The Hall–Kier alpha value is -1.81. The fourth-order valence-electron chi connectivity index (χ4n) is 1.90. The lowest BCUT2D eigenvalue weighted by Crippen LogP contribution is -2.34. The SMILES string of the molecule is CCOc1cncc(NC(C)(CCl)c2ccccc2)n1. The molecule has 0 aliphatic carbocycles. The second-order valence-electron chi connectivity index (χ2n) is 4.63. The minimum Gasteiger partial charge on any atom is -0.477 e. The van der Waals surface area contributed by atoms with Gasteiger partial charge in [-0.2, -0.15) is 4.98 Å². The lowest BCUT2D eigenvalue weighted by molar-refractivity contribution is 0.325. The van der Waals surface area contributed by atoms with Gasteiger partial charge in [-0.05, 0) is 19.4 Å². The molecule has 1 N–H and O–H groups in total. The number of hydrogen-bond donors (Lipinski definition) is 1. The Labute approximate surface area is 124 Å². The summed E-state index contributed by atoms with van der Waals surface area (Å²) in [7, 11) is 0. The molecule has 0 saturated carbocycles. The van der Waals surface area contributed by atoms with E-state index < -0.39 is 5.54 Å². The Morgan fingerprint density at radius 1 is 1.25 bits per heavy atom. The van der Waals surface area contributed by atoms with E-state index in [1.807, 2.05) is 44.2 Å². The first-order chi connectivity index (χ1) is 9.68. The topological polar surface area (TPSA) is 47.0 Å². The highest BCUT2D eigenvalue weighted by Crippen LogP contribution is 2.26. The van der Waals surface area contributed by atoms with Crippen molar-refractivity contribution in [3.05, 3.63) is 48.3 Å². The molecular formula is C15H18ClN3O. The fourth-order valence-corrected chi connectivity index (χ4v) is 2.12. The Morgan fingerprint density at radius 2 is 2.00 bits per heavy atom. The van der Waals surface area contributed by atoms with Gasteiger partial charge in [-0.1, -0.05) is 30.3 Å². The van der Waals surface area contributed by atoms with Gasteiger partial charge < -0.3 is 10.1 Å². The molecule has 0 amide bonds. The number of halogens is 1. The molecule has 1 aromatic heterocycles. The largest absolute Gasteiger partial charge is 0.477 e. The highest BCUT2D eigenvalue weighted by atomic mass is 35.5. The van der Waals surface area contributed by atoms with Crippen molar-refractivity contribution in [1.82, 2.24) is 9.97 Å². The summed E-state index contributed by atoms with van der Waals surface area (Å²) in [6.07, 6.45) is 3.26. The smallest absolute Gasteiger partial charge is 0.234 e. The molecule has 5 heteroatoms. The summed E-state index contributed by atoms with van der Waals surface area (Å²) in [5, 5.41) is 3.33. The zero-order valence-corrected chi connectivity index (χ0v) is 12.4. The number of nitrogens with one attached hydrogen (secondary N) is 1. The highest BCUT2D eigenvalue weighted by Gasteiger charge is 2.25. The van der Waals surface area contributed by atoms with Crippen LogP contribution in [0, 0.1) is 0 Å². The molecule has 2 rings (SSSR count). The van der Waals surface area contributed by atoms with Crippen molar-refractivity contribution in [2.75, 3.05) is 17.8 Å². The maximum Gasteiger partial charge on any atom is 0.234 e. The van der Waals surface area contributed by atoms with Crippen LogP contribution in [-0.4, -0.2) is 22.5 Å². The Kier molecular flexibility index (Phi) is 4.79. The van der Waals surface area contributed by atoms with Gasteiger partial charge >= 0.3 is 0 Å². The molecule has 20 heavy (non-hydrogen) atoms. The van der Waals surface area contributed by atoms with E-state index in [2.05, 4.69) is 15.3 Å². The molecule has 0 radical (unpaired) electrons. The third-order valence-electron chi connectivity index (χ3n) is 2.99. The minimum absolute atomic E-state index is 0.414. The first-order valence-corrected chi connectivity index (χ1v) is 7.06. The molecule has 106 valence electrons. The molecule has 0 saturated heterocycles. The summed E-state index contributed by atoms with van der Waals surface area (Å²) in [4.78, 5) is 8.49. The number of nitrogens with zero attached hydrogens (tertiary/aromatic N) is 2. The molecule has 0 aliphatic rings. The standard InChI is InChI=1S/C15H18ClN3O/c1-3-20-14-10-17-9-13(18-14)19-15(2,11-16)12-7-5-4-6-8-12/h4-10H,3,11H2,1-2H3,(H,18,19). The van der Waals surface area contributed by atoms with E-state index in [0.29, 0.717) is 24.2 Å². The van der Waals surface area contributed by atoms with E-state index in [0.717, 1.165) is 5.56 Å². The third-order valence-corrected chi connectivity index (χ3v) is 3.52. The van der Waals surface area contributed by atoms with E-state index in [-0.39, 0.29) is 0 Å². The second kappa shape index (κ2) is 6.57. The minimum atomic E-state index is -0.414. The van der Waals surface area contributed by atoms with Crippen LogP contribution in [0.15, 0.2) is 42.7 Å². The Morgan fingerprint density at radius 3 is 2.65 bits per heavy atom. The summed E-state index contributed by atoms with van der Waals surface area (Å²) < 4.78 is 5.35. The molecule has 0 spiro atoms. The average Bonchev–Trinajstić information content (AvgIpc) is 2.49. The summed E-state index contributed by atoms with van der Waals surface area (Å²) in [5.41, 5.74) is 0.682. The number of hydrogen-bond acceptors (Lipinski definition) is 4. The molecule has 0 aliphatic heterocycles. The molecule has 1 unspecified atom stereocenters. The molecule has 1 aromatic carbocycles. The van der Waals surface area contributed by atoms with Crippen LogP contribution in [0.5, 0.6) is 5.88 Å². The summed E-state index contributed by atoms with van der Waals surface area (Å²) in [5.74, 6) is 1.56. The summed E-state index contributed by atoms with van der Waals surface area (Å²) in [6.45, 7) is 4.50. The van der Waals surface area contributed by atoms with Crippen LogP contribution in [0.1, 0.15) is 19.4 Å². The molecule has 0 fully saturated rings. The number of anilines is 1. The highest BCUT2D eigenvalue weighted by molar-refractivity contribution is 6.18. The van der Waals surface area contributed by atoms with Crippen molar-refractivity contribution < 1.29 is 4.74 Å². The van der Waals surface area contributed by atoms with Gasteiger partial charge in [0.05, 0.1) is 24.5 Å². The van der Waals surface area contributed by atoms with Gasteiger partial charge in [0.2, 0.25) is 5.88 Å². The van der Waals surface area contributed by atoms with Crippen molar-refractivity contribution in [3.63, 3.8) is 0 Å². The van der Waals surface area contributed by atoms with Gasteiger partial charge in [0, 0.05) is 5.88 Å². The molecular weight excluding hydrogens is 274 g/mol. The van der Waals surface area contributed by atoms with Crippen molar-refractivity contribution in [2.45, 2.75) is 19.4 Å². The van der Waals surface area contributed by atoms with Crippen LogP contribution in [-0.2, 0) is 5.54 Å². The van der Waals surface area contributed by atoms with Gasteiger partial charge in [-0.25, -0.2) is 0 Å². The Balaban J connectivity index is 2.24. The quantitative estimate of drug-likeness (QED) is 0.828. The third kappa shape index (κ3) is 3.39. The van der Waals surface area contributed by atoms with Crippen LogP contribution in [0.25, 0.3) is 0 Å². The predicted molar refractivity (Wildman–Crippen MR) is 81.3 cm³/mol. The molecule has 0 bridgehead atoms. The van der Waals surface area contributed by atoms with Crippen molar-refractivity contribution in [1.29, 1.82) is 0 Å². The van der Waals surface area contributed by atoms with Gasteiger partial charge in [0.25, 0.3) is 0 Å². The van der Waals surface area contributed by atoms with Gasteiger partial charge in [0.1, 0.15) is 5.82 Å². The van der Waals surface area contributed by atoms with E-state index >= 15 is 0 Å². The van der Waals surface area contributed by atoms with Crippen LogP contribution < -0.4 is 10.1 Å². The fraction of sp³-hybridized carbons (Fsp3) is 0.333. The van der Waals surface area contributed by atoms with Gasteiger partial charge in [-0.15, -0.1) is 11.6 Å². The van der Waals surface area contributed by atoms with Crippen molar-refractivity contribution >= 4 is 17.4 Å². The van der Waals surface area contributed by atoms with Crippen LogP contribution in [0.3, 0.4) is 0 Å². The normalized spacial score (nSPS) is 13.6. The maximum atomic E-state index is 6.15. The zero-order chi connectivity index (χ0) is 14.4. The number of rotatable bonds is 6. The molecule has 4 nitrogen and oxygen atoms in total.